The summed E-state index contributed by atoms with van der Waals surface area (Å²) in [5.41, 5.74) is 3.30. The van der Waals surface area contributed by atoms with Crippen LogP contribution in [0, 0.1) is 6.92 Å². The lowest BCUT2D eigenvalue weighted by Crippen LogP contribution is -2.36. The van der Waals surface area contributed by atoms with Crippen LogP contribution in [-0.4, -0.2) is 47.0 Å². The van der Waals surface area contributed by atoms with Crippen LogP contribution in [0.3, 0.4) is 0 Å². The van der Waals surface area contributed by atoms with Gasteiger partial charge in [0.2, 0.25) is 5.56 Å². The van der Waals surface area contributed by atoms with Crippen molar-refractivity contribution in [3.05, 3.63) is 57.8 Å². The fraction of sp³-hybridized carbons (Fsp3) is 0.450. The standard InChI is InChI=1S/C20H26N4O2/c1-14(2)19-17(5-6-18(25)22-19)20(26)24-10-4-9-23(11-12-24)16-7-8-21-15(3)13-16/h5-8,13-14H,4,9-12H2,1-3H3,(H,22,25). The molecule has 138 valence electrons. The lowest BCUT2D eigenvalue weighted by Gasteiger charge is -2.24. The number of pyridine rings is 2. The number of aryl methyl sites for hydroxylation is 1. The Morgan fingerprint density at radius 3 is 2.69 bits per heavy atom. The van der Waals surface area contributed by atoms with E-state index in [4.69, 9.17) is 0 Å². The molecule has 1 fully saturated rings. The molecule has 1 amide bonds. The van der Waals surface area contributed by atoms with Crippen molar-refractivity contribution in [1.82, 2.24) is 14.9 Å². The SMILES string of the molecule is Cc1cc(N2CCCN(C(=O)c3ccc(=O)[nH]c3C(C)C)CC2)ccn1. The van der Waals surface area contributed by atoms with Crippen LogP contribution in [0.2, 0.25) is 0 Å². The molecule has 1 saturated heterocycles. The Kier molecular flexibility index (Phi) is 5.40. The van der Waals surface area contributed by atoms with Crippen LogP contribution in [0.5, 0.6) is 0 Å². The first-order chi connectivity index (χ1) is 12.5. The van der Waals surface area contributed by atoms with Gasteiger partial charge in [0.1, 0.15) is 0 Å². The van der Waals surface area contributed by atoms with Crippen molar-refractivity contribution >= 4 is 11.6 Å². The Balaban J connectivity index is 1.77. The zero-order chi connectivity index (χ0) is 18.7. The van der Waals surface area contributed by atoms with E-state index >= 15 is 0 Å². The van der Waals surface area contributed by atoms with Gasteiger partial charge in [0.25, 0.3) is 5.91 Å². The molecule has 3 rings (SSSR count). The van der Waals surface area contributed by atoms with Gasteiger partial charge in [0.15, 0.2) is 0 Å². The lowest BCUT2D eigenvalue weighted by atomic mass is 10.0. The number of anilines is 1. The van der Waals surface area contributed by atoms with Crippen molar-refractivity contribution in [3.8, 4) is 0 Å². The largest absolute Gasteiger partial charge is 0.370 e. The van der Waals surface area contributed by atoms with Gasteiger partial charge in [0, 0.05) is 55.5 Å². The number of aromatic nitrogens is 2. The van der Waals surface area contributed by atoms with Crippen LogP contribution in [0.15, 0.2) is 35.3 Å². The van der Waals surface area contributed by atoms with Gasteiger partial charge in [0.05, 0.1) is 5.56 Å². The summed E-state index contributed by atoms with van der Waals surface area (Å²) in [7, 11) is 0. The fourth-order valence-corrected chi connectivity index (χ4v) is 3.41. The third kappa shape index (κ3) is 3.95. The van der Waals surface area contributed by atoms with Gasteiger partial charge in [-0.15, -0.1) is 0 Å². The zero-order valence-corrected chi connectivity index (χ0v) is 15.7. The highest BCUT2D eigenvalue weighted by Gasteiger charge is 2.23. The first-order valence-corrected chi connectivity index (χ1v) is 9.16. The molecule has 3 heterocycles. The molecule has 0 bridgehead atoms. The minimum Gasteiger partial charge on any atom is -0.370 e. The smallest absolute Gasteiger partial charge is 0.255 e. The molecule has 6 heteroatoms. The third-order valence-electron chi connectivity index (χ3n) is 4.79. The van der Waals surface area contributed by atoms with Crippen LogP contribution < -0.4 is 10.5 Å². The van der Waals surface area contributed by atoms with Crippen LogP contribution in [0.25, 0.3) is 0 Å². The minimum atomic E-state index is -0.166. The van der Waals surface area contributed by atoms with E-state index in [1.165, 1.54) is 6.07 Å². The summed E-state index contributed by atoms with van der Waals surface area (Å²) in [6.45, 7) is 9.04. The van der Waals surface area contributed by atoms with Crippen molar-refractivity contribution in [2.75, 3.05) is 31.1 Å². The first-order valence-electron chi connectivity index (χ1n) is 9.16. The van der Waals surface area contributed by atoms with Crippen molar-refractivity contribution in [3.63, 3.8) is 0 Å². The second kappa shape index (κ2) is 7.72. The highest BCUT2D eigenvalue weighted by molar-refractivity contribution is 5.95. The summed E-state index contributed by atoms with van der Waals surface area (Å²) in [5, 5.41) is 0. The van der Waals surface area contributed by atoms with Crippen molar-refractivity contribution in [2.45, 2.75) is 33.1 Å². The van der Waals surface area contributed by atoms with E-state index in [0.29, 0.717) is 17.8 Å². The van der Waals surface area contributed by atoms with Crippen LogP contribution >= 0.6 is 0 Å². The number of H-pyrrole nitrogens is 1. The van der Waals surface area contributed by atoms with Crippen LogP contribution in [0.1, 0.15) is 47.9 Å². The van der Waals surface area contributed by atoms with E-state index in [9.17, 15) is 9.59 Å². The van der Waals surface area contributed by atoms with Crippen molar-refractivity contribution < 1.29 is 4.79 Å². The minimum absolute atomic E-state index is 0.00212. The average Bonchev–Trinajstić information content (AvgIpc) is 2.87. The van der Waals surface area contributed by atoms with Gasteiger partial charge in [-0.1, -0.05) is 13.8 Å². The normalized spacial score (nSPS) is 15.2. The maximum atomic E-state index is 13.1. The van der Waals surface area contributed by atoms with Crippen LogP contribution in [0.4, 0.5) is 5.69 Å². The van der Waals surface area contributed by atoms with E-state index in [-0.39, 0.29) is 17.4 Å². The molecular weight excluding hydrogens is 328 g/mol. The fourth-order valence-electron chi connectivity index (χ4n) is 3.41. The van der Waals surface area contributed by atoms with Gasteiger partial charge in [-0.05, 0) is 37.5 Å². The van der Waals surface area contributed by atoms with Gasteiger partial charge in [-0.2, -0.15) is 0 Å². The summed E-state index contributed by atoms with van der Waals surface area (Å²) >= 11 is 0. The molecule has 0 saturated carbocycles. The summed E-state index contributed by atoms with van der Waals surface area (Å²) in [6.07, 6.45) is 2.74. The molecule has 6 nitrogen and oxygen atoms in total. The molecular formula is C20H26N4O2. The number of amides is 1. The Hall–Kier alpha value is -2.63. The van der Waals surface area contributed by atoms with Gasteiger partial charge < -0.3 is 14.8 Å². The molecule has 1 N–H and O–H groups in total. The highest BCUT2D eigenvalue weighted by Crippen LogP contribution is 2.20. The average molecular weight is 354 g/mol. The molecule has 0 aliphatic carbocycles. The van der Waals surface area contributed by atoms with Gasteiger partial charge >= 0.3 is 0 Å². The molecule has 0 unspecified atom stereocenters. The molecule has 0 atom stereocenters. The third-order valence-corrected chi connectivity index (χ3v) is 4.79. The van der Waals surface area contributed by atoms with Crippen molar-refractivity contribution in [2.24, 2.45) is 0 Å². The second-order valence-electron chi connectivity index (χ2n) is 7.09. The number of hydrogen-bond acceptors (Lipinski definition) is 4. The number of nitrogens with one attached hydrogen (secondary N) is 1. The molecule has 1 aliphatic rings. The van der Waals surface area contributed by atoms with E-state index < -0.39 is 0 Å². The second-order valence-corrected chi connectivity index (χ2v) is 7.09. The van der Waals surface area contributed by atoms with E-state index in [2.05, 4.69) is 20.9 Å². The molecule has 0 spiro atoms. The van der Waals surface area contributed by atoms with E-state index in [0.717, 1.165) is 37.4 Å². The highest BCUT2D eigenvalue weighted by atomic mass is 16.2. The molecule has 26 heavy (non-hydrogen) atoms. The number of rotatable bonds is 3. The Morgan fingerprint density at radius 1 is 1.15 bits per heavy atom. The summed E-state index contributed by atoms with van der Waals surface area (Å²) in [5.74, 6) is 0.0869. The number of hydrogen-bond donors (Lipinski definition) is 1. The number of nitrogens with zero attached hydrogens (tertiary/aromatic N) is 3. The first kappa shape index (κ1) is 18.2. The summed E-state index contributed by atoms with van der Waals surface area (Å²) in [6, 6.07) is 7.19. The molecule has 0 aromatic carbocycles. The predicted octanol–water partition coefficient (Wildman–Crippen LogP) is 2.55. The Labute approximate surface area is 153 Å². The summed E-state index contributed by atoms with van der Waals surface area (Å²) in [4.78, 5) is 36.0. The Morgan fingerprint density at radius 2 is 1.96 bits per heavy atom. The molecule has 1 aliphatic heterocycles. The predicted molar refractivity (Wildman–Crippen MR) is 103 cm³/mol. The lowest BCUT2D eigenvalue weighted by molar-refractivity contribution is 0.0765. The number of aromatic amines is 1. The molecule has 2 aromatic heterocycles. The van der Waals surface area contributed by atoms with E-state index in [1.807, 2.05) is 37.9 Å². The number of carbonyl (C=O) groups is 1. The van der Waals surface area contributed by atoms with Gasteiger partial charge in [-0.25, -0.2) is 0 Å². The molecule has 2 aromatic rings. The van der Waals surface area contributed by atoms with Crippen LogP contribution in [-0.2, 0) is 0 Å². The number of carbonyl (C=O) groups excluding carboxylic acids is 1. The Bertz CT molecular complexity index is 844. The zero-order valence-electron chi connectivity index (χ0n) is 15.7. The monoisotopic (exact) mass is 354 g/mol. The maximum absolute atomic E-state index is 13.1. The summed E-state index contributed by atoms with van der Waals surface area (Å²) < 4.78 is 0. The maximum Gasteiger partial charge on any atom is 0.255 e. The topological polar surface area (TPSA) is 69.3 Å². The van der Waals surface area contributed by atoms with E-state index in [1.54, 1.807) is 6.07 Å². The molecule has 0 radical (unpaired) electrons. The van der Waals surface area contributed by atoms with Gasteiger partial charge in [-0.3, -0.25) is 14.6 Å². The quantitative estimate of drug-likeness (QED) is 0.920. The van der Waals surface area contributed by atoms with Crippen molar-refractivity contribution in [1.29, 1.82) is 0 Å².